The Balaban J connectivity index is 1.97. The number of hydrogen-bond acceptors (Lipinski definition) is 6. The fraction of sp³-hybridized carbons (Fsp3) is 0.0588. The lowest BCUT2D eigenvalue weighted by Gasteiger charge is -2.16. The Hall–Kier alpha value is -2.72. The van der Waals surface area contributed by atoms with Gasteiger partial charge in [0.25, 0.3) is 5.91 Å². The average molecular weight is 413 g/mol. The quantitative estimate of drug-likeness (QED) is 0.389. The van der Waals surface area contributed by atoms with Crippen molar-refractivity contribution in [3.63, 3.8) is 0 Å². The molecule has 0 radical (unpaired) electrons. The zero-order valence-corrected chi connectivity index (χ0v) is 14.8. The molecule has 1 aliphatic heterocycles. The molecule has 1 aliphatic rings. The first-order valence-electron chi connectivity index (χ1n) is 7.28. The monoisotopic (exact) mass is 413 g/mol. The summed E-state index contributed by atoms with van der Waals surface area (Å²) < 4.78 is 38.7. The number of carbonyl (C=O) groups excluding carboxylic acids is 1. The molecule has 0 spiro atoms. The molecule has 0 aliphatic carbocycles. The van der Waals surface area contributed by atoms with Crippen molar-refractivity contribution in [3.8, 4) is 17.2 Å². The molecule has 0 atom stereocenters. The van der Waals surface area contributed by atoms with Gasteiger partial charge < -0.3 is 15.3 Å². The topological polar surface area (TPSA) is 81.0 Å². The summed E-state index contributed by atoms with van der Waals surface area (Å²) in [4.78, 5) is 13.7. The van der Waals surface area contributed by atoms with E-state index >= 15 is 0 Å². The molecule has 2 aromatic carbocycles. The number of carbonyl (C=O) groups is 1. The van der Waals surface area contributed by atoms with Crippen molar-refractivity contribution < 1.29 is 33.3 Å². The zero-order valence-electron chi connectivity index (χ0n) is 13.2. The third-order valence-electron chi connectivity index (χ3n) is 3.62. The molecule has 1 fully saturated rings. The third-order valence-corrected chi connectivity index (χ3v) is 4.92. The second-order valence-electron chi connectivity index (χ2n) is 5.47. The van der Waals surface area contributed by atoms with Crippen LogP contribution in [0.2, 0.25) is 0 Å². The summed E-state index contributed by atoms with van der Waals surface area (Å²) in [5.74, 6) is -2.52. The second kappa shape index (κ2) is 6.78. The highest BCUT2D eigenvalue weighted by atomic mass is 32.2. The van der Waals surface area contributed by atoms with Gasteiger partial charge in [-0.05, 0) is 42.0 Å². The smallest absolute Gasteiger partial charge is 0.416 e. The zero-order chi connectivity index (χ0) is 19.9. The maximum atomic E-state index is 12.9. The van der Waals surface area contributed by atoms with E-state index in [1.807, 2.05) is 0 Å². The number of phenolic OH excluding ortho intramolecular Hbond substituents is 3. The van der Waals surface area contributed by atoms with Gasteiger partial charge in [0, 0.05) is 0 Å². The predicted molar refractivity (Wildman–Crippen MR) is 98.5 cm³/mol. The number of alkyl halides is 3. The lowest BCUT2D eigenvalue weighted by Crippen LogP contribution is -2.27. The maximum absolute atomic E-state index is 12.9. The SMILES string of the molecule is O=C1/C(=C/c2cc(O)c(O)c(O)c2)SC(=S)N1c1cccc(C(F)(F)F)c1. The van der Waals surface area contributed by atoms with Crippen LogP contribution in [0.1, 0.15) is 11.1 Å². The van der Waals surface area contributed by atoms with Crippen molar-refractivity contribution in [3.05, 3.63) is 52.4 Å². The highest BCUT2D eigenvalue weighted by molar-refractivity contribution is 8.27. The number of thiocarbonyl (C=S) groups is 1. The fourth-order valence-electron chi connectivity index (χ4n) is 2.37. The van der Waals surface area contributed by atoms with Gasteiger partial charge in [-0.3, -0.25) is 9.69 Å². The van der Waals surface area contributed by atoms with Crippen LogP contribution in [0.5, 0.6) is 17.2 Å². The van der Waals surface area contributed by atoms with Crippen molar-refractivity contribution in [1.82, 2.24) is 0 Å². The summed E-state index contributed by atoms with van der Waals surface area (Å²) in [5.41, 5.74) is -0.731. The summed E-state index contributed by atoms with van der Waals surface area (Å²) in [6.07, 6.45) is -3.26. The molecule has 27 heavy (non-hydrogen) atoms. The van der Waals surface area contributed by atoms with E-state index < -0.39 is 34.9 Å². The second-order valence-corrected chi connectivity index (χ2v) is 7.15. The summed E-state index contributed by atoms with van der Waals surface area (Å²) in [7, 11) is 0. The Morgan fingerprint density at radius 2 is 1.70 bits per heavy atom. The number of rotatable bonds is 2. The van der Waals surface area contributed by atoms with E-state index in [0.717, 1.165) is 40.9 Å². The molecule has 5 nitrogen and oxygen atoms in total. The first-order chi connectivity index (χ1) is 12.6. The molecule has 0 bridgehead atoms. The van der Waals surface area contributed by atoms with Gasteiger partial charge in [-0.1, -0.05) is 30.0 Å². The molecular weight excluding hydrogens is 403 g/mol. The van der Waals surface area contributed by atoms with Crippen LogP contribution in [0, 0.1) is 0 Å². The normalized spacial score (nSPS) is 16.4. The predicted octanol–water partition coefficient (Wildman–Crippen LogP) is 4.23. The van der Waals surface area contributed by atoms with E-state index in [4.69, 9.17) is 12.2 Å². The van der Waals surface area contributed by atoms with E-state index in [9.17, 15) is 33.3 Å². The van der Waals surface area contributed by atoms with Crippen LogP contribution in [0.3, 0.4) is 0 Å². The van der Waals surface area contributed by atoms with Gasteiger partial charge in [-0.15, -0.1) is 0 Å². The van der Waals surface area contributed by atoms with E-state index in [1.165, 1.54) is 18.2 Å². The Morgan fingerprint density at radius 1 is 1.07 bits per heavy atom. The number of hydrogen-bond donors (Lipinski definition) is 3. The lowest BCUT2D eigenvalue weighted by molar-refractivity contribution is -0.137. The molecule has 1 heterocycles. The summed E-state index contributed by atoms with van der Waals surface area (Å²) in [5, 5.41) is 28.4. The number of halogens is 3. The van der Waals surface area contributed by atoms with E-state index in [-0.39, 0.29) is 20.5 Å². The van der Waals surface area contributed by atoms with Crippen molar-refractivity contribution >= 4 is 46.0 Å². The van der Waals surface area contributed by atoms with Crippen LogP contribution < -0.4 is 4.90 Å². The van der Waals surface area contributed by atoms with Gasteiger partial charge in [0.05, 0.1) is 16.2 Å². The third kappa shape index (κ3) is 3.71. The Bertz CT molecular complexity index is 965. The molecule has 140 valence electrons. The molecule has 3 rings (SSSR count). The summed E-state index contributed by atoms with van der Waals surface area (Å²) in [6, 6.07) is 6.46. The van der Waals surface area contributed by atoms with Crippen LogP contribution in [-0.4, -0.2) is 25.5 Å². The largest absolute Gasteiger partial charge is 0.504 e. The van der Waals surface area contributed by atoms with Crippen LogP contribution in [0.4, 0.5) is 18.9 Å². The number of aromatic hydroxyl groups is 3. The number of amides is 1. The van der Waals surface area contributed by atoms with Crippen LogP contribution >= 0.6 is 24.0 Å². The number of anilines is 1. The highest BCUT2D eigenvalue weighted by Crippen LogP contribution is 2.40. The van der Waals surface area contributed by atoms with Gasteiger partial charge in [0.2, 0.25) is 0 Å². The number of benzene rings is 2. The molecule has 3 N–H and O–H groups in total. The van der Waals surface area contributed by atoms with Crippen molar-refractivity contribution in [2.24, 2.45) is 0 Å². The minimum atomic E-state index is -4.56. The highest BCUT2D eigenvalue weighted by Gasteiger charge is 2.36. The number of thioether (sulfide) groups is 1. The lowest BCUT2D eigenvalue weighted by atomic mass is 10.1. The van der Waals surface area contributed by atoms with E-state index in [2.05, 4.69) is 0 Å². The standard InChI is InChI=1S/C17H10F3NO4S2/c18-17(19,20)9-2-1-3-10(7-9)21-15(25)13(27-16(21)26)6-8-4-11(22)14(24)12(23)5-8/h1-7,22-24H/b13-6-. The average Bonchev–Trinajstić information content (AvgIpc) is 2.85. The minimum absolute atomic E-state index is 0.0212. The fourth-order valence-corrected chi connectivity index (χ4v) is 3.67. The minimum Gasteiger partial charge on any atom is -0.504 e. The van der Waals surface area contributed by atoms with Crippen molar-refractivity contribution in [1.29, 1.82) is 0 Å². The van der Waals surface area contributed by atoms with Crippen LogP contribution in [0.15, 0.2) is 41.3 Å². The number of phenols is 3. The molecule has 0 unspecified atom stereocenters. The van der Waals surface area contributed by atoms with Gasteiger partial charge in [-0.2, -0.15) is 13.2 Å². The van der Waals surface area contributed by atoms with E-state index in [1.54, 1.807) is 0 Å². The maximum Gasteiger partial charge on any atom is 0.416 e. The van der Waals surface area contributed by atoms with E-state index in [0.29, 0.717) is 0 Å². The number of nitrogens with zero attached hydrogens (tertiary/aromatic N) is 1. The Labute approximate surface area is 160 Å². The molecular formula is C17H10F3NO4S2. The molecule has 0 saturated carbocycles. The first-order valence-corrected chi connectivity index (χ1v) is 8.50. The van der Waals surface area contributed by atoms with Crippen LogP contribution in [-0.2, 0) is 11.0 Å². The van der Waals surface area contributed by atoms with Crippen LogP contribution in [0.25, 0.3) is 6.08 Å². The van der Waals surface area contributed by atoms with Gasteiger partial charge in [0.1, 0.15) is 0 Å². The first kappa shape index (κ1) is 19.1. The summed E-state index contributed by atoms with van der Waals surface area (Å²) in [6.45, 7) is 0. The van der Waals surface area contributed by atoms with Gasteiger partial charge in [0.15, 0.2) is 21.6 Å². The molecule has 2 aromatic rings. The van der Waals surface area contributed by atoms with Gasteiger partial charge in [-0.25, -0.2) is 0 Å². The molecule has 0 aromatic heterocycles. The summed E-state index contributed by atoms with van der Waals surface area (Å²) >= 11 is 5.97. The molecule has 1 amide bonds. The van der Waals surface area contributed by atoms with Crippen molar-refractivity contribution in [2.45, 2.75) is 6.18 Å². The Morgan fingerprint density at radius 3 is 2.30 bits per heavy atom. The van der Waals surface area contributed by atoms with Gasteiger partial charge >= 0.3 is 6.18 Å². The Kier molecular flexibility index (Phi) is 4.79. The molecule has 1 saturated heterocycles. The molecule has 10 heteroatoms. The van der Waals surface area contributed by atoms with Crippen molar-refractivity contribution in [2.75, 3.05) is 4.90 Å².